The number of rotatable bonds is 2. The van der Waals surface area contributed by atoms with Crippen molar-refractivity contribution < 1.29 is 0 Å². The standard InChI is InChI=1S/C43H23N5/c44-24-25-17-19-27(20-18-25)41-43(46-33-14-6-5-13-32(33)45-41)48-36-22-21-26-9-1-2-10-28(26)38(36)40-37(48)23-31-29-11-3-7-15-34(29)47-35-16-8-4-12-30(35)39(40)42(31)47/h1-23H. The SMILES string of the molecule is N#Cc1ccc(-c2nc3ccccc3nc2-n2c3ccc4ccccc4c3c3c4c5ccccc5n5c6ccccc6c(cc32)c45)cc1. The minimum Gasteiger partial charge on any atom is -0.308 e. The van der Waals surface area contributed by atoms with E-state index < -0.39 is 0 Å². The fourth-order valence-corrected chi connectivity index (χ4v) is 8.04. The molecular formula is C43H23N5. The van der Waals surface area contributed by atoms with E-state index in [1.165, 1.54) is 59.6 Å². The van der Waals surface area contributed by atoms with Gasteiger partial charge in [-0.15, -0.1) is 0 Å². The van der Waals surface area contributed by atoms with Gasteiger partial charge < -0.3 is 4.40 Å². The van der Waals surface area contributed by atoms with Gasteiger partial charge in [0.2, 0.25) is 0 Å². The second-order valence-electron chi connectivity index (χ2n) is 12.5. The Labute approximate surface area is 273 Å². The molecule has 11 rings (SSSR count). The molecule has 220 valence electrons. The molecule has 7 aromatic carbocycles. The van der Waals surface area contributed by atoms with Crippen molar-refractivity contribution in [1.82, 2.24) is 18.9 Å². The molecule has 4 aromatic heterocycles. The van der Waals surface area contributed by atoms with Gasteiger partial charge in [-0.1, -0.05) is 91.0 Å². The third kappa shape index (κ3) is 3.18. The zero-order chi connectivity index (χ0) is 31.5. The van der Waals surface area contributed by atoms with Crippen molar-refractivity contribution in [3.8, 4) is 23.1 Å². The average molecular weight is 610 g/mol. The molecule has 11 aromatic rings. The molecule has 5 nitrogen and oxygen atoms in total. The van der Waals surface area contributed by atoms with Gasteiger partial charge in [-0.25, -0.2) is 9.97 Å². The Bertz CT molecular complexity index is 3170. The molecule has 48 heavy (non-hydrogen) atoms. The average Bonchev–Trinajstić information content (AvgIpc) is 3.79. The first-order valence-corrected chi connectivity index (χ1v) is 16.1. The number of hydrogen-bond acceptors (Lipinski definition) is 3. The van der Waals surface area contributed by atoms with Crippen LogP contribution in [-0.2, 0) is 0 Å². The molecule has 5 heteroatoms. The normalized spacial score (nSPS) is 12.1. The molecule has 0 unspecified atom stereocenters. The first-order chi connectivity index (χ1) is 23.8. The Morgan fingerprint density at radius 1 is 0.500 bits per heavy atom. The number of benzene rings is 7. The molecular weight excluding hydrogens is 587 g/mol. The Hall–Kier alpha value is -6.77. The summed E-state index contributed by atoms with van der Waals surface area (Å²) in [4.78, 5) is 10.6. The largest absolute Gasteiger partial charge is 0.308 e. The molecule has 0 N–H and O–H groups in total. The summed E-state index contributed by atoms with van der Waals surface area (Å²) < 4.78 is 4.77. The zero-order valence-corrected chi connectivity index (χ0v) is 25.5. The summed E-state index contributed by atoms with van der Waals surface area (Å²) in [5.41, 5.74) is 9.75. The number of nitriles is 1. The van der Waals surface area contributed by atoms with Crippen LogP contribution in [0.2, 0.25) is 0 Å². The molecule has 0 aliphatic heterocycles. The Morgan fingerprint density at radius 2 is 1.17 bits per heavy atom. The van der Waals surface area contributed by atoms with E-state index in [0.717, 1.165) is 39.1 Å². The molecule has 0 amide bonds. The van der Waals surface area contributed by atoms with Gasteiger partial charge in [-0.3, -0.25) is 4.57 Å². The summed E-state index contributed by atoms with van der Waals surface area (Å²) >= 11 is 0. The van der Waals surface area contributed by atoms with Gasteiger partial charge >= 0.3 is 0 Å². The van der Waals surface area contributed by atoms with E-state index in [1.807, 2.05) is 48.5 Å². The van der Waals surface area contributed by atoms with Gasteiger partial charge in [0.1, 0.15) is 5.69 Å². The van der Waals surface area contributed by atoms with Crippen LogP contribution in [0, 0.1) is 11.3 Å². The lowest BCUT2D eigenvalue weighted by molar-refractivity contribution is 1.08. The maximum atomic E-state index is 9.55. The number of hydrogen-bond donors (Lipinski definition) is 0. The third-order valence-corrected chi connectivity index (χ3v) is 10.0. The predicted octanol–water partition coefficient (Wildman–Crippen LogP) is 10.6. The molecule has 0 saturated heterocycles. The van der Waals surface area contributed by atoms with E-state index in [-0.39, 0.29) is 0 Å². The van der Waals surface area contributed by atoms with Crippen LogP contribution in [-0.4, -0.2) is 18.9 Å². The molecule has 0 bridgehead atoms. The molecule has 0 radical (unpaired) electrons. The highest BCUT2D eigenvalue weighted by atomic mass is 15.1. The smallest absolute Gasteiger partial charge is 0.165 e. The van der Waals surface area contributed by atoms with Crippen LogP contribution in [0.5, 0.6) is 0 Å². The first-order valence-electron chi connectivity index (χ1n) is 16.1. The molecule has 0 saturated carbocycles. The molecule has 0 atom stereocenters. The van der Waals surface area contributed by atoms with Gasteiger partial charge in [0.25, 0.3) is 0 Å². The quantitative estimate of drug-likeness (QED) is 0.196. The van der Waals surface area contributed by atoms with E-state index in [4.69, 9.17) is 9.97 Å². The highest BCUT2D eigenvalue weighted by molar-refractivity contribution is 6.38. The van der Waals surface area contributed by atoms with E-state index in [1.54, 1.807) is 0 Å². The number of aromatic nitrogens is 4. The van der Waals surface area contributed by atoms with Gasteiger partial charge in [0.05, 0.1) is 50.2 Å². The Morgan fingerprint density at radius 3 is 1.96 bits per heavy atom. The van der Waals surface area contributed by atoms with Crippen LogP contribution in [0.1, 0.15) is 5.56 Å². The lowest BCUT2D eigenvalue weighted by atomic mass is 9.99. The fraction of sp³-hybridized carbons (Fsp3) is 0. The second-order valence-corrected chi connectivity index (χ2v) is 12.5. The summed E-state index contributed by atoms with van der Waals surface area (Å²) in [6, 6.07) is 50.9. The lowest BCUT2D eigenvalue weighted by Gasteiger charge is -2.14. The van der Waals surface area contributed by atoms with Crippen LogP contribution in [0.15, 0.2) is 140 Å². The van der Waals surface area contributed by atoms with E-state index in [0.29, 0.717) is 5.56 Å². The molecule has 0 spiro atoms. The summed E-state index contributed by atoms with van der Waals surface area (Å²) in [5.74, 6) is 0.759. The number of fused-ring (bicyclic) bond motifs is 13. The first kappa shape index (κ1) is 25.4. The van der Waals surface area contributed by atoms with E-state index in [2.05, 4.69) is 106 Å². The van der Waals surface area contributed by atoms with Crippen molar-refractivity contribution >= 4 is 81.7 Å². The van der Waals surface area contributed by atoms with Crippen molar-refractivity contribution in [1.29, 1.82) is 5.26 Å². The zero-order valence-electron chi connectivity index (χ0n) is 25.5. The number of nitrogens with zero attached hydrogens (tertiary/aromatic N) is 5. The second kappa shape index (κ2) is 9.16. The van der Waals surface area contributed by atoms with Gasteiger partial charge in [-0.05, 0) is 59.3 Å². The maximum absolute atomic E-state index is 9.55. The van der Waals surface area contributed by atoms with E-state index >= 15 is 0 Å². The monoisotopic (exact) mass is 609 g/mol. The Kier molecular flexibility index (Phi) is 4.85. The highest BCUT2D eigenvalue weighted by Gasteiger charge is 2.26. The summed E-state index contributed by atoms with van der Waals surface area (Å²) in [6.07, 6.45) is 0. The van der Waals surface area contributed by atoms with Crippen LogP contribution in [0.4, 0.5) is 0 Å². The topological polar surface area (TPSA) is 58.9 Å². The fourth-order valence-electron chi connectivity index (χ4n) is 8.04. The third-order valence-electron chi connectivity index (χ3n) is 10.0. The number of para-hydroxylation sites is 4. The van der Waals surface area contributed by atoms with Crippen molar-refractivity contribution in [2.75, 3.05) is 0 Å². The van der Waals surface area contributed by atoms with Crippen molar-refractivity contribution in [3.63, 3.8) is 0 Å². The minimum absolute atomic E-state index is 0.609. The van der Waals surface area contributed by atoms with Crippen molar-refractivity contribution in [2.24, 2.45) is 0 Å². The van der Waals surface area contributed by atoms with Crippen molar-refractivity contribution in [2.45, 2.75) is 0 Å². The molecule has 0 fully saturated rings. The van der Waals surface area contributed by atoms with Crippen LogP contribution >= 0.6 is 0 Å². The molecule has 4 heterocycles. The summed E-state index contributed by atoms with van der Waals surface area (Å²) in [7, 11) is 0. The molecule has 0 aliphatic rings. The highest BCUT2D eigenvalue weighted by Crippen LogP contribution is 2.48. The van der Waals surface area contributed by atoms with Crippen LogP contribution in [0.25, 0.3) is 98.8 Å². The maximum Gasteiger partial charge on any atom is 0.165 e. The van der Waals surface area contributed by atoms with Gasteiger partial charge in [0.15, 0.2) is 5.82 Å². The van der Waals surface area contributed by atoms with Gasteiger partial charge in [-0.2, -0.15) is 5.26 Å². The Balaban J connectivity index is 1.43. The van der Waals surface area contributed by atoms with Crippen LogP contribution < -0.4 is 0 Å². The summed E-state index contributed by atoms with van der Waals surface area (Å²) in [5, 5.41) is 19.3. The lowest BCUT2D eigenvalue weighted by Crippen LogP contribution is -2.03. The van der Waals surface area contributed by atoms with Gasteiger partial charge in [0, 0.05) is 37.9 Å². The van der Waals surface area contributed by atoms with Crippen LogP contribution in [0.3, 0.4) is 0 Å². The predicted molar refractivity (Wildman–Crippen MR) is 196 cm³/mol. The van der Waals surface area contributed by atoms with Crippen molar-refractivity contribution in [3.05, 3.63) is 145 Å². The molecule has 0 aliphatic carbocycles. The summed E-state index contributed by atoms with van der Waals surface area (Å²) in [6.45, 7) is 0. The van der Waals surface area contributed by atoms with E-state index in [9.17, 15) is 5.26 Å². The minimum atomic E-state index is 0.609.